The Morgan fingerprint density at radius 2 is 1.97 bits per heavy atom. The van der Waals surface area contributed by atoms with Crippen molar-refractivity contribution in [2.45, 2.75) is 46.6 Å². The first-order valence-electron chi connectivity index (χ1n) is 10.1. The summed E-state index contributed by atoms with van der Waals surface area (Å²) in [6.45, 7) is 7.74. The van der Waals surface area contributed by atoms with Crippen molar-refractivity contribution in [1.29, 1.82) is 0 Å². The Morgan fingerprint density at radius 3 is 2.70 bits per heavy atom. The summed E-state index contributed by atoms with van der Waals surface area (Å²) < 4.78 is 7.62. The molecule has 2 N–H and O–H groups in total. The molecule has 30 heavy (non-hydrogen) atoms. The minimum atomic E-state index is -0.257. The molecule has 7 nitrogen and oxygen atoms in total. The van der Waals surface area contributed by atoms with Crippen LogP contribution < -0.4 is 10.9 Å². The third-order valence-electron chi connectivity index (χ3n) is 5.81. The highest BCUT2D eigenvalue weighted by molar-refractivity contribution is 5.84. The Bertz CT molecular complexity index is 1330. The van der Waals surface area contributed by atoms with Gasteiger partial charge in [0.2, 0.25) is 5.91 Å². The standard InChI is InChI=1S/C23H26N4O3/c1-12-17(23(29)25-22-20(12)14(3)26-27(22)5)10-11-19(28)24-15(4)21-13(2)16-8-6-7-9-18(16)30-21/h6-9,15H,10-11H2,1-5H3,(H,24,28)(H,25,29). The lowest BCUT2D eigenvalue weighted by Crippen LogP contribution is -2.28. The Morgan fingerprint density at radius 1 is 1.23 bits per heavy atom. The number of carbonyl (C=O) groups is 1. The average molecular weight is 406 g/mol. The summed E-state index contributed by atoms with van der Waals surface area (Å²) in [5, 5.41) is 9.38. The third-order valence-corrected chi connectivity index (χ3v) is 5.81. The lowest BCUT2D eigenvalue weighted by molar-refractivity contribution is -0.121. The number of aromatic amines is 1. The predicted octanol–water partition coefficient (Wildman–Crippen LogP) is 3.74. The van der Waals surface area contributed by atoms with Crippen molar-refractivity contribution >= 4 is 27.9 Å². The first-order valence-corrected chi connectivity index (χ1v) is 10.1. The van der Waals surface area contributed by atoms with Crippen LogP contribution in [0.1, 0.15) is 47.5 Å². The van der Waals surface area contributed by atoms with Gasteiger partial charge >= 0.3 is 0 Å². The number of aryl methyl sites for hydroxylation is 4. The van der Waals surface area contributed by atoms with Crippen molar-refractivity contribution in [2.75, 3.05) is 0 Å². The number of nitrogens with one attached hydrogen (secondary N) is 2. The molecule has 4 rings (SSSR count). The maximum absolute atomic E-state index is 12.6. The third kappa shape index (κ3) is 3.30. The molecule has 3 aromatic heterocycles. The molecule has 0 radical (unpaired) electrons. The number of benzene rings is 1. The number of furan rings is 1. The molecule has 1 amide bonds. The second-order valence-electron chi connectivity index (χ2n) is 7.87. The molecular formula is C23H26N4O3. The maximum Gasteiger partial charge on any atom is 0.253 e. The smallest absolute Gasteiger partial charge is 0.253 e. The molecule has 0 aliphatic heterocycles. The van der Waals surface area contributed by atoms with Crippen molar-refractivity contribution in [3.63, 3.8) is 0 Å². The van der Waals surface area contributed by atoms with E-state index in [-0.39, 0.29) is 23.9 Å². The fourth-order valence-corrected chi connectivity index (χ4v) is 4.28. The van der Waals surface area contributed by atoms with Gasteiger partial charge in [-0.1, -0.05) is 18.2 Å². The largest absolute Gasteiger partial charge is 0.459 e. The molecule has 1 unspecified atom stereocenters. The normalized spacial score (nSPS) is 12.6. The van der Waals surface area contributed by atoms with E-state index in [2.05, 4.69) is 15.4 Å². The second-order valence-corrected chi connectivity index (χ2v) is 7.87. The zero-order valence-corrected chi connectivity index (χ0v) is 17.9. The molecular weight excluding hydrogens is 380 g/mol. The van der Waals surface area contributed by atoms with Gasteiger partial charge in [-0.15, -0.1) is 0 Å². The van der Waals surface area contributed by atoms with Gasteiger partial charge < -0.3 is 14.7 Å². The van der Waals surface area contributed by atoms with E-state index in [1.165, 1.54) is 0 Å². The van der Waals surface area contributed by atoms with Crippen LogP contribution in [0, 0.1) is 20.8 Å². The van der Waals surface area contributed by atoms with Crippen LogP contribution in [0.2, 0.25) is 0 Å². The number of fused-ring (bicyclic) bond motifs is 2. The number of aromatic nitrogens is 3. The Hall–Kier alpha value is -3.35. The summed E-state index contributed by atoms with van der Waals surface area (Å²) in [5.74, 6) is 0.634. The van der Waals surface area contributed by atoms with Crippen LogP contribution in [-0.2, 0) is 18.3 Å². The monoisotopic (exact) mass is 406 g/mol. The van der Waals surface area contributed by atoms with Crippen molar-refractivity contribution in [1.82, 2.24) is 20.1 Å². The number of hydrogen-bond acceptors (Lipinski definition) is 4. The van der Waals surface area contributed by atoms with E-state index in [0.29, 0.717) is 17.6 Å². The topological polar surface area (TPSA) is 92.9 Å². The molecule has 4 aromatic rings. The minimum absolute atomic E-state index is 0.121. The highest BCUT2D eigenvalue weighted by atomic mass is 16.3. The molecule has 0 saturated carbocycles. The number of nitrogens with zero attached hydrogens (tertiary/aromatic N) is 2. The average Bonchev–Trinajstić information content (AvgIpc) is 3.18. The van der Waals surface area contributed by atoms with E-state index in [4.69, 9.17) is 4.42 Å². The number of H-pyrrole nitrogens is 1. The fourth-order valence-electron chi connectivity index (χ4n) is 4.28. The SMILES string of the molecule is Cc1c(C(C)NC(=O)CCc2c(C)c3c(C)nn(C)c3[nH]c2=O)oc2ccccc12. The number of para-hydroxylation sites is 1. The van der Waals surface area contributed by atoms with Gasteiger partial charge in [0.25, 0.3) is 5.56 Å². The molecule has 1 atom stereocenters. The van der Waals surface area contributed by atoms with Crippen molar-refractivity contribution in [3.8, 4) is 0 Å². The van der Waals surface area contributed by atoms with Crippen LogP contribution in [0.25, 0.3) is 22.0 Å². The van der Waals surface area contributed by atoms with E-state index in [1.54, 1.807) is 11.7 Å². The molecule has 0 fully saturated rings. The van der Waals surface area contributed by atoms with Gasteiger partial charge in [0.1, 0.15) is 17.0 Å². The zero-order valence-electron chi connectivity index (χ0n) is 17.9. The van der Waals surface area contributed by atoms with Crippen molar-refractivity contribution in [3.05, 3.63) is 62.8 Å². The number of amides is 1. The van der Waals surface area contributed by atoms with Gasteiger partial charge in [-0.05, 0) is 45.7 Å². The molecule has 0 aliphatic carbocycles. The molecule has 156 valence electrons. The lowest BCUT2D eigenvalue weighted by Gasteiger charge is -2.13. The zero-order chi connectivity index (χ0) is 21.6. The highest BCUT2D eigenvalue weighted by Gasteiger charge is 2.20. The molecule has 0 bridgehead atoms. The first-order chi connectivity index (χ1) is 14.3. The van der Waals surface area contributed by atoms with Crippen molar-refractivity contribution in [2.24, 2.45) is 7.05 Å². The van der Waals surface area contributed by atoms with E-state index in [0.717, 1.165) is 38.9 Å². The quantitative estimate of drug-likeness (QED) is 0.528. The fraction of sp³-hybridized carbons (Fsp3) is 0.348. The van der Waals surface area contributed by atoms with Gasteiger partial charge in [0.05, 0.1) is 11.7 Å². The van der Waals surface area contributed by atoms with E-state index in [1.807, 2.05) is 52.0 Å². The second kappa shape index (κ2) is 7.48. The number of pyridine rings is 1. The summed E-state index contributed by atoms with van der Waals surface area (Å²) in [7, 11) is 1.80. The molecule has 0 saturated heterocycles. The molecule has 1 aromatic carbocycles. The molecule has 7 heteroatoms. The van der Waals surface area contributed by atoms with Gasteiger partial charge in [-0.25, -0.2) is 0 Å². The van der Waals surface area contributed by atoms with Crippen LogP contribution in [0.4, 0.5) is 0 Å². The number of carbonyl (C=O) groups excluding carboxylic acids is 1. The Labute approximate surface area is 174 Å². The number of hydrogen-bond donors (Lipinski definition) is 2. The van der Waals surface area contributed by atoms with Gasteiger partial charge in [0.15, 0.2) is 0 Å². The summed E-state index contributed by atoms with van der Waals surface area (Å²) in [6.07, 6.45) is 0.585. The van der Waals surface area contributed by atoms with Crippen LogP contribution in [-0.4, -0.2) is 20.7 Å². The highest BCUT2D eigenvalue weighted by Crippen LogP contribution is 2.29. The summed E-state index contributed by atoms with van der Waals surface area (Å²) in [6, 6.07) is 7.58. The van der Waals surface area contributed by atoms with Crippen molar-refractivity contribution < 1.29 is 9.21 Å². The van der Waals surface area contributed by atoms with Crippen LogP contribution >= 0.6 is 0 Å². The number of rotatable bonds is 5. The van der Waals surface area contributed by atoms with Crippen LogP contribution in [0.3, 0.4) is 0 Å². The van der Waals surface area contributed by atoms with Gasteiger partial charge in [0, 0.05) is 35.4 Å². The molecule has 0 aliphatic rings. The first kappa shape index (κ1) is 19.9. The summed E-state index contributed by atoms with van der Waals surface area (Å²) in [5.41, 5.74) is 4.75. The van der Waals surface area contributed by atoms with Gasteiger partial charge in [-0.3, -0.25) is 14.3 Å². The molecule has 3 heterocycles. The van der Waals surface area contributed by atoms with E-state index < -0.39 is 0 Å². The van der Waals surface area contributed by atoms with Crippen LogP contribution in [0.5, 0.6) is 0 Å². The summed E-state index contributed by atoms with van der Waals surface area (Å²) >= 11 is 0. The lowest BCUT2D eigenvalue weighted by atomic mass is 10.0. The van der Waals surface area contributed by atoms with Crippen LogP contribution in [0.15, 0.2) is 33.5 Å². The van der Waals surface area contributed by atoms with E-state index >= 15 is 0 Å². The minimum Gasteiger partial charge on any atom is -0.459 e. The summed E-state index contributed by atoms with van der Waals surface area (Å²) in [4.78, 5) is 28.1. The van der Waals surface area contributed by atoms with E-state index in [9.17, 15) is 9.59 Å². The maximum atomic E-state index is 12.6. The Balaban J connectivity index is 1.50. The van der Waals surface area contributed by atoms with Gasteiger partial charge in [-0.2, -0.15) is 5.10 Å². The Kier molecular flexibility index (Phi) is 4.97. The molecule has 0 spiro atoms. The predicted molar refractivity (Wildman–Crippen MR) is 117 cm³/mol.